The van der Waals surface area contributed by atoms with Crippen molar-refractivity contribution in [2.24, 2.45) is 0 Å². The van der Waals surface area contributed by atoms with Gasteiger partial charge in [0.05, 0.1) is 18.8 Å². The normalized spacial score (nSPS) is 9.73. The fourth-order valence-corrected chi connectivity index (χ4v) is 0.967. The third kappa shape index (κ3) is 2.83. The van der Waals surface area contributed by atoms with E-state index in [1.807, 2.05) is 0 Å². The van der Waals surface area contributed by atoms with E-state index in [0.29, 0.717) is 0 Å². The molecule has 0 N–H and O–H groups in total. The van der Waals surface area contributed by atoms with Crippen LogP contribution in [0.15, 0.2) is 16.7 Å². The molecule has 0 amide bonds. The van der Waals surface area contributed by atoms with Gasteiger partial charge in [0.15, 0.2) is 0 Å². The molecule has 0 aliphatic carbocycles. The summed E-state index contributed by atoms with van der Waals surface area (Å²) in [6, 6.07) is 1.30. The van der Waals surface area contributed by atoms with Crippen LogP contribution in [0.1, 0.15) is 34.8 Å². The topological polar surface area (TPSA) is 65.7 Å². The molecule has 1 rings (SSSR count). The molecule has 1 aromatic rings. The highest BCUT2D eigenvalue weighted by Crippen LogP contribution is 2.10. The average molecular weight is 212 g/mol. The van der Waals surface area contributed by atoms with Crippen molar-refractivity contribution >= 4 is 11.9 Å². The van der Waals surface area contributed by atoms with Crippen LogP contribution in [0, 0.1) is 0 Å². The highest BCUT2D eigenvalue weighted by Gasteiger charge is 2.16. The Kier molecular flexibility index (Phi) is 3.91. The van der Waals surface area contributed by atoms with E-state index in [4.69, 9.17) is 13.9 Å². The Hall–Kier alpha value is -1.78. The quantitative estimate of drug-likeness (QED) is 0.709. The smallest absolute Gasteiger partial charge is 0.374 e. The van der Waals surface area contributed by atoms with Crippen LogP contribution < -0.4 is 0 Å². The van der Waals surface area contributed by atoms with Crippen molar-refractivity contribution in [3.8, 4) is 0 Å². The molecule has 0 saturated heterocycles. The number of esters is 2. The molecule has 5 nitrogen and oxygen atoms in total. The van der Waals surface area contributed by atoms with E-state index in [9.17, 15) is 9.59 Å². The molecule has 0 radical (unpaired) electrons. The summed E-state index contributed by atoms with van der Waals surface area (Å²) in [5.41, 5.74) is 0.208. The molecule has 0 atom stereocenters. The lowest BCUT2D eigenvalue weighted by atomic mass is 10.3. The van der Waals surface area contributed by atoms with Crippen LogP contribution in [0.5, 0.6) is 0 Å². The van der Waals surface area contributed by atoms with Crippen LogP contribution in [-0.4, -0.2) is 25.2 Å². The third-order valence-corrected chi connectivity index (χ3v) is 1.59. The summed E-state index contributed by atoms with van der Waals surface area (Å²) >= 11 is 0. The third-order valence-electron chi connectivity index (χ3n) is 1.59. The maximum atomic E-state index is 11.2. The van der Waals surface area contributed by atoms with Gasteiger partial charge in [-0.2, -0.15) is 0 Å². The summed E-state index contributed by atoms with van der Waals surface area (Å²) in [5, 5.41) is 0. The number of ether oxygens (including phenoxy) is 2. The molecule has 0 aliphatic heterocycles. The Morgan fingerprint density at radius 1 is 1.20 bits per heavy atom. The Bertz CT molecular complexity index is 320. The second-order valence-electron chi connectivity index (χ2n) is 2.64. The first-order chi connectivity index (χ1) is 7.19. The minimum Gasteiger partial charge on any atom is -0.462 e. The van der Waals surface area contributed by atoms with Crippen molar-refractivity contribution in [3.05, 3.63) is 23.7 Å². The molecular formula is C10H12O5. The van der Waals surface area contributed by atoms with Gasteiger partial charge in [-0.25, -0.2) is 9.59 Å². The number of hydrogen-bond donors (Lipinski definition) is 0. The Morgan fingerprint density at radius 2 is 1.80 bits per heavy atom. The molecule has 1 heterocycles. The lowest BCUT2D eigenvalue weighted by Gasteiger charge is -1.96. The molecule has 0 saturated carbocycles. The van der Waals surface area contributed by atoms with E-state index >= 15 is 0 Å². The van der Waals surface area contributed by atoms with Crippen LogP contribution in [0.25, 0.3) is 0 Å². The molecule has 0 aromatic carbocycles. The summed E-state index contributed by atoms with van der Waals surface area (Å²) in [4.78, 5) is 22.4. The fourth-order valence-electron chi connectivity index (χ4n) is 0.967. The lowest BCUT2D eigenvalue weighted by Crippen LogP contribution is -2.04. The SMILES string of the molecule is CCOC(=O)c1coc(C(=O)OCC)c1. The maximum absolute atomic E-state index is 11.2. The summed E-state index contributed by atoms with van der Waals surface area (Å²) < 4.78 is 14.3. The first-order valence-corrected chi connectivity index (χ1v) is 4.61. The largest absolute Gasteiger partial charge is 0.462 e. The van der Waals surface area contributed by atoms with Crippen molar-refractivity contribution < 1.29 is 23.5 Å². The predicted octanol–water partition coefficient (Wildman–Crippen LogP) is 1.63. The van der Waals surface area contributed by atoms with E-state index in [-0.39, 0.29) is 24.5 Å². The van der Waals surface area contributed by atoms with E-state index in [1.54, 1.807) is 13.8 Å². The van der Waals surface area contributed by atoms with Gasteiger partial charge in [0.2, 0.25) is 5.76 Å². The molecule has 82 valence electrons. The molecule has 0 bridgehead atoms. The van der Waals surface area contributed by atoms with Crippen molar-refractivity contribution in [2.75, 3.05) is 13.2 Å². The van der Waals surface area contributed by atoms with Crippen molar-refractivity contribution in [1.29, 1.82) is 0 Å². The van der Waals surface area contributed by atoms with E-state index < -0.39 is 11.9 Å². The maximum Gasteiger partial charge on any atom is 0.374 e. The number of rotatable bonds is 4. The Morgan fingerprint density at radius 3 is 2.40 bits per heavy atom. The zero-order valence-corrected chi connectivity index (χ0v) is 8.61. The van der Waals surface area contributed by atoms with Gasteiger partial charge in [0.1, 0.15) is 6.26 Å². The Labute approximate surface area is 87.0 Å². The highest BCUT2D eigenvalue weighted by atomic mass is 16.5. The van der Waals surface area contributed by atoms with Gasteiger partial charge >= 0.3 is 11.9 Å². The number of hydrogen-bond acceptors (Lipinski definition) is 5. The zero-order chi connectivity index (χ0) is 11.3. The van der Waals surface area contributed by atoms with Gasteiger partial charge in [-0.05, 0) is 13.8 Å². The molecule has 5 heteroatoms. The number of carbonyl (C=O) groups excluding carboxylic acids is 2. The van der Waals surface area contributed by atoms with Crippen molar-refractivity contribution in [1.82, 2.24) is 0 Å². The van der Waals surface area contributed by atoms with Gasteiger partial charge < -0.3 is 13.9 Å². The van der Waals surface area contributed by atoms with Gasteiger partial charge in [-0.15, -0.1) is 0 Å². The summed E-state index contributed by atoms with van der Waals surface area (Å²) in [5.74, 6) is -1.11. The molecule has 0 aliphatic rings. The molecular weight excluding hydrogens is 200 g/mol. The van der Waals surface area contributed by atoms with Crippen LogP contribution in [0.3, 0.4) is 0 Å². The molecule has 0 fully saturated rings. The van der Waals surface area contributed by atoms with Crippen molar-refractivity contribution in [2.45, 2.75) is 13.8 Å². The summed E-state index contributed by atoms with van der Waals surface area (Å²) in [6.07, 6.45) is 1.17. The second-order valence-corrected chi connectivity index (χ2v) is 2.64. The van der Waals surface area contributed by atoms with Crippen LogP contribution in [-0.2, 0) is 9.47 Å². The number of furan rings is 1. The average Bonchev–Trinajstić information content (AvgIpc) is 2.67. The Balaban J connectivity index is 2.71. The van der Waals surface area contributed by atoms with Crippen molar-refractivity contribution in [3.63, 3.8) is 0 Å². The summed E-state index contributed by atoms with van der Waals surface area (Å²) in [7, 11) is 0. The van der Waals surface area contributed by atoms with Crippen LogP contribution >= 0.6 is 0 Å². The van der Waals surface area contributed by atoms with E-state index in [0.717, 1.165) is 0 Å². The van der Waals surface area contributed by atoms with Gasteiger partial charge in [0.25, 0.3) is 0 Å². The molecule has 1 aromatic heterocycles. The minimum absolute atomic E-state index is 0.0000898. The highest BCUT2D eigenvalue weighted by molar-refractivity contribution is 5.93. The van der Waals surface area contributed by atoms with Crippen LogP contribution in [0.2, 0.25) is 0 Å². The van der Waals surface area contributed by atoms with Crippen LogP contribution in [0.4, 0.5) is 0 Å². The molecule has 15 heavy (non-hydrogen) atoms. The second kappa shape index (κ2) is 5.19. The zero-order valence-electron chi connectivity index (χ0n) is 8.61. The summed E-state index contributed by atoms with van der Waals surface area (Å²) in [6.45, 7) is 3.92. The predicted molar refractivity (Wildman–Crippen MR) is 50.6 cm³/mol. The first kappa shape index (κ1) is 11.3. The van der Waals surface area contributed by atoms with Gasteiger partial charge in [-0.1, -0.05) is 0 Å². The standard InChI is InChI=1S/C10H12O5/c1-3-13-9(11)7-5-8(15-6-7)10(12)14-4-2/h5-6H,3-4H2,1-2H3. The van der Waals surface area contributed by atoms with Gasteiger partial charge in [-0.3, -0.25) is 0 Å². The number of carbonyl (C=O) groups is 2. The van der Waals surface area contributed by atoms with E-state index in [1.165, 1.54) is 12.3 Å². The van der Waals surface area contributed by atoms with Gasteiger partial charge in [0, 0.05) is 6.07 Å². The molecule has 0 spiro atoms. The fraction of sp³-hybridized carbons (Fsp3) is 0.400. The monoisotopic (exact) mass is 212 g/mol. The van der Waals surface area contributed by atoms with E-state index in [2.05, 4.69) is 0 Å². The molecule has 0 unspecified atom stereocenters. The lowest BCUT2D eigenvalue weighted by molar-refractivity contribution is 0.0488. The first-order valence-electron chi connectivity index (χ1n) is 4.61. The minimum atomic E-state index is -0.590.